The molecule has 12 nitrogen and oxygen atoms in total. The molecule has 4 rings (SSSR count). The van der Waals surface area contributed by atoms with Crippen molar-refractivity contribution < 1.29 is 41.4 Å². The van der Waals surface area contributed by atoms with Gasteiger partial charge in [0.05, 0.1) is 11.9 Å². The zero-order chi connectivity index (χ0) is 29.4. The van der Waals surface area contributed by atoms with Crippen LogP contribution in [0.25, 0.3) is 10.8 Å². The number of aromatic nitrogens is 2. The summed E-state index contributed by atoms with van der Waals surface area (Å²) in [6, 6.07) is 4.07. The third-order valence-electron chi connectivity index (χ3n) is 6.38. The van der Waals surface area contributed by atoms with Crippen molar-refractivity contribution in [3.05, 3.63) is 48.3 Å². The highest BCUT2D eigenvalue weighted by molar-refractivity contribution is 7.80. The third-order valence-corrected chi connectivity index (χ3v) is 7.19. The van der Waals surface area contributed by atoms with Crippen molar-refractivity contribution in [2.24, 2.45) is 0 Å². The third kappa shape index (κ3) is 6.02. The summed E-state index contributed by atoms with van der Waals surface area (Å²) < 4.78 is 67.0. The number of amides is 1. The number of alkyl halides is 3. The number of carboxylic acids is 1. The Hall–Kier alpha value is -4.18. The zero-order valence-corrected chi connectivity index (χ0v) is 22.0. The van der Waals surface area contributed by atoms with Gasteiger partial charge in [-0.15, -0.1) is 13.2 Å². The van der Waals surface area contributed by atoms with Gasteiger partial charge in [-0.2, -0.15) is 0 Å². The van der Waals surface area contributed by atoms with Gasteiger partial charge in [0.15, 0.2) is 0 Å². The average molecular weight is 583 g/mol. The van der Waals surface area contributed by atoms with Crippen molar-refractivity contribution in [1.82, 2.24) is 14.9 Å². The number of likely N-dealkylation sites (tertiary alicyclic amines) is 1. The fourth-order valence-electron chi connectivity index (χ4n) is 4.55. The number of pyridine rings is 2. The highest BCUT2D eigenvalue weighted by Crippen LogP contribution is 2.35. The zero-order valence-electron chi connectivity index (χ0n) is 21.2. The predicted molar refractivity (Wildman–Crippen MR) is 140 cm³/mol. The molecule has 1 aliphatic rings. The van der Waals surface area contributed by atoms with Gasteiger partial charge in [0.2, 0.25) is 5.91 Å². The summed E-state index contributed by atoms with van der Waals surface area (Å²) in [4.78, 5) is 36.4. The van der Waals surface area contributed by atoms with E-state index < -0.39 is 53.8 Å². The van der Waals surface area contributed by atoms with Crippen LogP contribution in [0.5, 0.6) is 5.75 Å². The Morgan fingerprint density at radius 3 is 2.58 bits per heavy atom. The number of halogens is 3. The number of carbonyl (C=O) groups excluding carboxylic acids is 1. The number of fused-ring (bicyclic) bond motifs is 1. The lowest BCUT2D eigenvalue weighted by molar-refractivity contribution is -0.274. The van der Waals surface area contributed by atoms with Crippen molar-refractivity contribution in [2.45, 2.75) is 31.3 Å². The van der Waals surface area contributed by atoms with E-state index in [9.17, 15) is 36.6 Å². The van der Waals surface area contributed by atoms with Crippen molar-refractivity contribution >= 4 is 51.2 Å². The molecule has 1 aromatic carbocycles. The number of anilines is 3. The van der Waals surface area contributed by atoms with Gasteiger partial charge in [-0.05, 0) is 47.7 Å². The van der Waals surface area contributed by atoms with Gasteiger partial charge >= 0.3 is 12.3 Å². The van der Waals surface area contributed by atoms with Crippen LogP contribution in [0.2, 0.25) is 0 Å². The molecule has 16 heteroatoms. The Kier molecular flexibility index (Phi) is 8.02. The molecule has 1 saturated heterocycles. The van der Waals surface area contributed by atoms with E-state index in [1.165, 1.54) is 30.6 Å². The number of carbonyl (C=O) groups is 2. The molecule has 4 N–H and O–H groups in total. The largest absolute Gasteiger partial charge is 0.573 e. The topological polar surface area (TPSA) is 162 Å². The normalized spacial score (nSPS) is 17.1. The van der Waals surface area contributed by atoms with Gasteiger partial charge in [-0.1, -0.05) is 0 Å². The molecule has 0 radical (unpaired) electrons. The van der Waals surface area contributed by atoms with Crippen LogP contribution in [0.1, 0.15) is 12.0 Å². The van der Waals surface area contributed by atoms with E-state index in [1.54, 1.807) is 25.1 Å². The first-order valence-corrected chi connectivity index (χ1v) is 12.8. The molecule has 1 aliphatic heterocycles. The summed E-state index contributed by atoms with van der Waals surface area (Å²) in [6.07, 6.45) is -2.99. The average Bonchev–Trinajstić information content (AvgIpc) is 3.22. The minimum Gasteiger partial charge on any atom is -0.480 e. The van der Waals surface area contributed by atoms with Crippen LogP contribution in [0.4, 0.5) is 30.5 Å². The van der Waals surface area contributed by atoms with Gasteiger partial charge in [-0.3, -0.25) is 13.7 Å². The number of aliphatic carboxylic acids is 1. The molecule has 0 saturated carbocycles. The number of carboxylic acid groups (broad SMARTS) is 1. The first-order valence-electron chi connectivity index (χ1n) is 11.8. The molecule has 1 fully saturated rings. The van der Waals surface area contributed by atoms with E-state index >= 15 is 0 Å². The molecule has 40 heavy (non-hydrogen) atoms. The van der Waals surface area contributed by atoms with Crippen LogP contribution >= 0.6 is 0 Å². The van der Waals surface area contributed by atoms with Crippen LogP contribution in [0.15, 0.2) is 42.7 Å². The van der Waals surface area contributed by atoms with Crippen molar-refractivity contribution in [3.63, 3.8) is 0 Å². The Balaban J connectivity index is 1.66. The van der Waals surface area contributed by atoms with Crippen LogP contribution in [-0.4, -0.2) is 79.7 Å². The fraction of sp³-hybridized carbons (Fsp3) is 0.333. The number of ether oxygens (including phenoxy) is 1. The SMILES string of the molecule is CN(C)c1ccc(N([C@H]2CCN([C@H](Cc3cc4ccnc(N)c4cc3OC(F)(F)F)C(=O)O)C2=O)S(=O)O)cn1. The summed E-state index contributed by atoms with van der Waals surface area (Å²) >= 11 is -2.67. The van der Waals surface area contributed by atoms with Gasteiger partial charge < -0.3 is 25.4 Å². The Morgan fingerprint density at radius 1 is 1.27 bits per heavy atom. The Labute approximate surface area is 228 Å². The van der Waals surface area contributed by atoms with E-state index in [0.29, 0.717) is 11.2 Å². The number of benzene rings is 1. The van der Waals surface area contributed by atoms with Crippen molar-refractivity contribution in [1.29, 1.82) is 0 Å². The summed E-state index contributed by atoms with van der Waals surface area (Å²) in [6.45, 7) is -0.128. The van der Waals surface area contributed by atoms with Crippen LogP contribution in [0.3, 0.4) is 0 Å². The van der Waals surface area contributed by atoms with Gasteiger partial charge in [0, 0.05) is 38.6 Å². The Bertz CT molecular complexity index is 1460. The minimum atomic E-state index is -5.09. The van der Waals surface area contributed by atoms with Gasteiger partial charge in [0.25, 0.3) is 11.3 Å². The maximum absolute atomic E-state index is 13.4. The molecule has 3 heterocycles. The van der Waals surface area contributed by atoms with E-state index in [4.69, 9.17) is 5.73 Å². The highest BCUT2D eigenvalue weighted by atomic mass is 32.2. The number of rotatable bonds is 9. The second-order valence-electron chi connectivity index (χ2n) is 9.14. The number of nitrogen functional groups attached to an aromatic ring is 1. The standard InChI is InChI=1S/C24H25F3N6O6S/c1-31(2)20-4-3-15(12-30-20)33(40(37)38)17-6-8-32(22(17)34)18(23(35)36)10-14-9-13-5-7-29-21(28)16(13)11-19(14)39-24(25,26)27/h3-5,7,9,11-12,17-18H,6,8,10H2,1-2H3,(H2,28,29)(H,35,36)(H,37,38)/t17-,18+/m0/s1. The summed E-state index contributed by atoms with van der Waals surface area (Å²) in [5.74, 6) is -2.43. The summed E-state index contributed by atoms with van der Waals surface area (Å²) in [7, 11) is 3.50. The van der Waals surface area contributed by atoms with Gasteiger partial charge in [-0.25, -0.2) is 19.0 Å². The summed E-state index contributed by atoms with van der Waals surface area (Å²) in [5.41, 5.74) is 5.81. The van der Waals surface area contributed by atoms with E-state index in [2.05, 4.69) is 14.7 Å². The first-order chi connectivity index (χ1) is 18.8. The lowest BCUT2D eigenvalue weighted by Gasteiger charge is -2.28. The molecular formula is C24H25F3N6O6S. The molecule has 0 bridgehead atoms. The lowest BCUT2D eigenvalue weighted by Crippen LogP contribution is -2.48. The molecule has 3 atom stereocenters. The second-order valence-corrected chi connectivity index (χ2v) is 10.00. The lowest BCUT2D eigenvalue weighted by atomic mass is 10.00. The van der Waals surface area contributed by atoms with Crippen LogP contribution in [0, 0.1) is 0 Å². The maximum atomic E-state index is 13.4. The van der Waals surface area contributed by atoms with Gasteiger partial charge in [0.1, 0.15) is 29.5 Å². The van der Waals surface area contributed by atoms with Crippen molar-refractivity contribution in [2.75, 3.05) is 35.6 Å². The number of nitrogens with two attached hydrogens (primary N) is 1. The second kappa shape index (κ2) is 11.1. The maximum Gasteiger partial charge on any atom is 0.573 e. The minimum absolute atomic E-state index is 0.0177. The molecule has 1 unspecified atom stereocenters. The fourth-order valence-corrected chi connectivity index (χ4v) is 5.26. The predicted octanol–water partition coefficient (Wildman–Crippen LogP) is 2.42. The Morgan fingerprint density at radius 2 is 2.00 bits per heavy atom. The number of hydrogen-bond donors (Lipinski definition) is 3. The molecule has 3 aromatic rings. The molecule has 0 spiro atoms. The van der Waals surface area contributed by atoms with Crippen LogP contribution < -0.4 is 19.7 Å². The monoisotopic (exact) mass is 582 g/mol. The molecule has 0 aliphatic carbocycles. The van der Waals surface area contributed by atoms with E-state index in [1.807, 2.05) is 0 Å². The summed E-state index contributed by atoms with van der Waals surface area (Å²) in [5, 5.41) is 10.6. The van der Waals surface area contributed by atoms with E-state index in [-0.39, 0.29) is 35.4 Å². The molecule has 1 amide bonds. The molecule has 2 aromatic heterocycles. The van der Waals surface area contributed by atoms with Crippen molar-refractivity contribution in [3.8, 4) is 5.75 Å². The first kappa shape index (κ1) is 28.8. The molecule has 214 valence electrons. The number of hydrogen-bond acceptors (Lipinski definition) is 8. The van der Waals surface area contributed by atoms with E-state index in [0.717, 1.165) is 15.3 Å². The van der Waals surface area contributed by atoms with Crippen LogP contribution in [-0.2, 0) is 27.3 Å². The highest BCUT2D eigenvalue weighted by Gasteiger charge is 2.44. The number of nitrogens with zero attached hydrogens (tertiary/aromatic N) is 5. The quantitative estimate of drug-likeness (QED) is 0.320. The molecular weight excluding hydrogens is 557 g/mol. The smallest absolute Gasteiger partial charge is 0.480 e.